The number of carbonyl (C=O) groups is 1. The maximum absolute atomic E-state index is 11.9. The third-order valence-electron chi connectivity index (χ3n) is 3.14. The van der Waals surface area contributed by atoms with Crippen molar-refractivity contribution in [3.63, 3.8) is 0 Å². The molecule has 1 atom stereocenters. The van der Waals surface area contributed by atoms with Gasteiger partial charge in [0.2, 0.25) is 5.91 Å². The molecular formula is C11H23ClN2O2. The first-order valence-electron chi connectivity index (χ1n) is 5.44. The van der Waals surface area contributed by atoms with Crippen molar-refractivity contribution < 1.29 is 9.53 Å². The average Bonchev–Trinajstić information content (AvgIpc) is 2.63. The number of halogens is 1. The third kappa shape index (κ3) is 3.92. The van der Waals surface area contributed by atoms with Crippen molar-refractivity contribution in [3.8, 4) is 0 Å². The minimum Gasteiger partial charge on any atom is -0.377 e. The number of methoxy groups -OCH3 is 1. The van der Waals surface area contributed by atoms with Gasteiger partial charge in [-0.05, 0) is 33.7 Å². The van der Waals surface area contributed by atoms with Crippen molar-refractivity contribution in [1.82, 2.24) is 10.6 Å². The van der Waals surface area contributed by atoms with Crippen LogP contribution in [0.3, 0.4) is 0 Å². The number of ether oxygens (including phenoxy) is 1. The maximum atomic E-state index is 11.9. The molecule has 1 amide bonds. The fraction of sp³-hybridized carbons (Fsp3) is 0.909. The fourth-order valence-corrected chi connectivity index (χ4v) is 1.59. The van der Waals surface area contributed by atoms with Gasteiger partial charge >= 0.3 is 0 Å². The molecule has 0 radical (unpaired) electrons. The normalized spacial score (nSPS) is 25.0. The second kappa shape index (κ2) is 5.84. The second-order valence-corrected chi connectivity index (χ2v) is 5.13. The highest BCUT2D eigenvalue weighted by Gasteiger charge is 2.36. The molecule has 4 nitrogen and oxygen atoms in total. The maximum Gasteiger partial charge on any atom is 0.227 e. The molecule has 1 rings (SSSR count). The summed E-state index contributed by atoms with van der Waals surface area (Å²) in [4.78, 5) is 11.9. The van der Waals surface area contributed by atoms with Crippen LogP contribution in [0, 0.1) is 5.41 Å². The van der Waals surface area contributed by atoms with Gasteiger partial charge < -0.3 is 15.4 Å². The highest BCUT2D eigenvalue weighted by Crippen LogP contribution is 2.24. The fourth-order valence-electron chi connectivity index (χ4n) is 1.59. The smallest absolute Gasteiger partial charge is 0.227 e. The molecule has 1 aliphatic rings. The van der Waals surface area contributed by atoms with E-state index in [0.29, 0.717) is 6.54 Å². The van der Waals surface area contributed by atoms with Crippen molar-refractivity contribution in [2.24, 2.45) is 5.41 Å². The standard InChI is InChI=1S/C11H22N2O2.ClH/c1-10(2,15-4)7-13-9(14)11(3)5-6-12-8-11;/h12H,5-8H2,1-4H3,(H,13,14);1H. The molecule has 0 aromatic heterocycles. The summed E-state index contributed by atoms with van der Waals surface area (Å²) in [6.45, 7) is 8.18. The summed E-state index contributed by atoms with van der Waals surface area (Å²) in [6.07, 6.45) is 0.909. The first-order valence-corrected chi connectivity index (χ1v) is 5.44. The van der Waals surface area contributed by atoms with E-state index in [-0.39, 0.29) is 29.3 Å². The molecule has 2 N–H and O–H groups in total. The van der Waals surface area contributed by atoms with Gasteiger partial charge in [-0.25, -0.2) is 0 Å². The van der Waals surface area contributed by atoms with Gasteiger partial charge in [0.05, 0.1) is 11.0 Å². The zero-order valence-electron chi connectivity index (χ0n) is 10.6. The summed E-state index contributed by atoms with van der Waals surface area (Å²) in [6, 6.07) is 0. The number of carbonyl (C=O) groups excluding carboxylic acids is 1. The molecule has 0 spiro atoms. The van der Waals surface area contributed by atoms with Crippen LogP contribution in [-0.2, 0) is 9.53 Å². The summed E-state index contributed by atoms with van der Waals surface area (Å²) >= 11 is 0. The Hall–Kier alpha value is -0.320. The molecule has 16 heavy (non-hydrogen) atoms. The topological polar surface area (TPSA) is 50.4 Å². The number of amides is 1. The summed E-state index contributed by atoms with van der Waals surface area (Å²) < 4.78 is 5.25. The van der Waals surface area contributed by atoms with Gasteiger partial charge in [0.15, 0.2) is 0 Å². The lowest BCUT2D eigenvalue weighted by Gasteiger charge is -2.27. The molecule has 1 unspecified atom stereocenters. The monoisotopic (exact) mass is 250 g/mol. The van der Waals surface area contributed by atoms with Crippen molar-refractivity contribution in [2.75, 3.05) is 26.7 Å². The molecule has 0 bridgehead atoms. The Morgan fingerprint density at radius 2 is 2.19 bits per heavy atom. The molecule has 1 heterocycles. The van der Waals surface area contributed by atoms with Gasteiger partial charge in [-0.1, -0.05) is 0 Å². The molecule has 96 valence electrons. The van der Waals surface area contributed by atoms with E-state index in [1.54, 1.807) is 7.11 Å². The van der Waals surface area contributed by atoms with Gasteiger partial charge in [0.1, 0.15) is 0 Å². The van der Waals surface area contributed by atoms with Gasteiger partial charge in [-0.2, -0.15) is 0 Å². The van der Waals surface area contributed by atoms with E-state index in [1.165, 1.54) is 0 Å². The Morgan fingerprint density at radius 1 is 1.56 bits per heavy atom. The molecule has 0 aliphatic carbocycles. The van der Waals surface area contributed by atoms with E-state index in [4.69, 9.17) is 4.74 Å². The van der Waals surface area contributed by atoms with Gasteiger partial charge in [-0.15, -0.1) is 12.4 Å². The SMILES string of the molecule is COC(C)(C)CNC(=O)C1(C)CCNC1.Cl. The number of rotatable bonds is 4. The van der Waals surface area contributed by atoms with Crippen molar-refractivity contribution in [3.05, 3.63) is 0 Å². The number of hydrogen-bond acceptors (Lipinski definition) is 3. The summed E-state index contributed by atoms with van der Waals surface area (Å²) in [5, 5.41) is 6.17. The summed E-state index contributed by atoms with van der Waals surface area (Å²) in [5.74, 6) is 0.123. The van der Waals surface area contributed by atoms with Crippen LogP contribution in [-0.4, -0.2) is 38.3 Å². The van der Waals surface area contributed by atoms with Crippen LogP contribution in [0.5, 0.6) is 0 Å². The Labute approximate surface area is 104 Å². The van der Waals surface area contributed by atoms with Gasteiger partial charge in [0.25, 0.3) is 0 Å². The van der Waals surface area contributed by atoms with Crippen LogP contribution in [0.4, 0.5) is 0 Å². The first kappa shape index (κ1) is 15.7. The van der Waals surface area contributed by atoms with Crippen LogP contribution < -0.4 is 10.6 Å². The zero-order chi connectivity index (χ0) is 11.5. The Morgan fingerprint density at radius 3 is 2.62 bits per heavy atom. The predicted molar refractivity (Wildman–Crippen MR) is 66.9 cm³/mol. The van der Waals surface area contributed by atoms with Crippen molar-refractivity contribution in [2.45, 2.75) is 32.8 Å². The minimum absolute atomic E-state index is 0. The van der Waals surface area contributed by atoms with Crippen LogP contribution in [0.25, 0.3) is 0 Å². The number of hydrogen-bond donors (Lipinski definition) is 2. The molecule has 1 aliphatic heterocycles. The molecule has 0 aromatic carbocycles. The Bertz CT molecular complexity index is 238. The summed E-state index contributed by atoms with van der Waals surface area (Å²) in [7, 11) is 1.66. The van der Waals surface area contributed by atoms with Crippen LogP contribution in [0.15, 0.2) is 0 Å². The van der Waals surface area contributed by atoms with E-state index in [9.17, 15) is 4.79 Å². The van der Waals surface area contributed by atoms with E-state index in [0.717, 1.165) is 19.5 Å². The second-order valence-electron chi connectivity index (χ2n) is 5.13. The van der Waals surface area contributed by atoms with Crippen LogP contribution >= 0.6 is 12.4 Å². The van der Waals surface area contributed by atoms with E-state index < -0.39 is 0 Å². The van der Waals surface area contributed by atoms with Crippen LogP contribution in [0.2, 0.25) is 0 Å². The largest absolute Gasteiger partial charge is 0.377 e. The van der Waals surface area contributed by atoms with Crippen molar-refractivity contribution in [1.29, 1.82) is 0 Å². The van der Waals surface area contributed by atoms with E-state index in [2.05, 4.69) is 10.6 Å². The van der Waals surface area contributed by atoms with E-state index in [1.807, 2.05) is 20.8 Å². The molecule has 0 aromatic rings. The predicted octanol–water partition coefficient (Wildman–Crippen LogP) is 0.949. The van der Waals surface area contributed by atoms with E-state index >= 15 is 0 Å². The zero-order valence-corrected chi connectivity index (χ0v) is 11.4. The van der Waals surface area contributed by atoms with Gasteiger partial charge in [0, 0.05) is 20.2 Å². The number of nitrogens with one attached hydrogen (secondary N) is 2. The van der Waals surface area contributed by atoms with Crippen molar-refractivity contribution >= 4 is 18.3 Å². The van der Waals surface area contributed by atoms with Gasteiger partial charge in [-0.3, -0.25) is 4.79 Å². The van der Waals surface area contributed by atoms with Crippen LogP contribution in [0.1, 0.15) is 27.2 Å². The third-order valence-corrected chi connectivity index (χ3v) is 3.14. The molecular weight excluding hydrogens is 228 g/mol. The highest BCUT2D eigenvalue weighted by molar-refractivity contribution is 5.85. The molecule has 0 saturated carbocycles. The average molecular weight is 251 g/mol. The lowest BCUT2D eigenvalue weighted by molar-refractivity contribution is -0.130. The summed E-state index contributed by atoms with van der Waals surface area (Å²) in [5.41, 5.74) is -0.540. The lowest BCUT2D eigenvalue weighted by atomic mass is 9.88. The Kier molecular flexibility index (Phi) is 5.73. The highest BCUT2D eigenvalue weighted by atomic mass is 35.5. The first-order chi connectivity index (χ1) is 6.90. The molecule has 5 heteroatoms. The Balaban J connectivity index is 0.00000225. The minimum atomic E-state index is -0.294. The molecule has 1 fully saturated rings. The quantitative estimate of drug-likeness (QED) is 0.781. The molecule has 1 saturated heterocycles. The lowest BCUT2D eigenvalue weighted by Crippen LogP contribution is -2.46.